The van der Waals surface area contributed by atoms with Gasteiger partial charge in [0.05, 0.1) is 22.5 Å². The van der Waals surface area contributed by atoms with Crippen LogP contribution in [0.3, 0.4) is 0 Å². The molecule has 2 unspecified atom stereocenters. The molecule has 0 fully saturated rings. The van der Waals surface area contributed by atoms with E-state index in [4.69, 9.17) is 16.6 Å². The highest BCUT2D eigenvalue weighted by molar-refractivity contribution is 9.10. The number of alkyl halides is 1. The largest absolute Gasteiger partial charge is 0.319 e. The summed E-state index contributed by atoms with van der Waals surface area (Å²) in [5, 5.41) is -0.137. The van der Waals surface area contributed by atoms with Crippen LogP contribution in [0.15, 0.2) is 53.0 Å². The number of imidazole rings is 1. The lowest BCUT2D eigenvalue weighted by molar-refractivity contribution is 0.618. The van der Waals surface area contributed by atoms with Crippen molar-refractivity contribution in [2.45, 2.75) is 25.3 Å². The van der Waals surface area contributed by atoms with Crippen molar-refractivity contribution in [2.24, 2.45) is 0 Å². The summed E-state index contributed by atoms with van der Waals surface area (Å²) >= 11 is 9.90. The average Bonchev–Trinajstić information content (AvgIpc) is 2.86. The van der Waals surface area contributed by atoms with Gasteiger partial charge in [-0.25, -0.2) is 4.98 Å². The maximum atomic E-state index is 6.36. The highest BCUT2D eigenvalue weighted by Crippen LogP contribution is 2.32. The minimum atomic E-state index is -0.137. The molecule has 0 aliphatic heterocycles. The molecule has 1 heterocycles. The molecule has 2 nitrogen and oxygen atoms in total. The Hall–Kier alpha value is -1.32. The van der Waals surface area contributed by atoms with Gasteiger partial charge >= 0.3 is 0 Å². The van der Waals surface area contributed by atoms with Gasteiger partial charge in [0.2, 0.25) is 0 Å². The first kappa shape index (κ1) is 14.6. The van der Waals surface area contributed by atoms with Crippen molar-refractivity contribution in [3.8, 4) is 0 Å². The number of halogens is 2. The molecule has 0 saturated heterocycles. The van der Waals surface area contributed by atoms with E-state index in [1.807, 2.05) is 25.1 Å². The Morgan fingerprint density at radius 1 is 1.10 bits per heavy atom. The lowest BCUT2D eigenvalue weighted by Gasteiger charge is -2.19. The highest BCUT2D eigenvalue weighted by Gasteiger charge is 2.20. The van der Waals surface area contributed by atoms with Gasteiger partial charge in [-0.2, -0.15) is 0 Å². The number of benzene rings is 2. The molecule has 0 amide bonds. The number of nitrogens with zero attached hydrogens (tertiary/aromatic N) is 2. The third kappa shape index (κ3) is 2.72. The van der Waals surface area contributed by atoms with Crippen molar-refractivity contribution >= 4 is 38.6 Å². The molecule has 0 bridgehead atoms. The van der Waals surface area contributed by atoms with Crippen LogP contribution in [-0.2, 0) is 0 Å². The molecule has 108 valence electrons. The van der Waals surface area contributed by atoms with Gasteiger partial charge in [0.15, 0.2) is 0 Å². The quantitative estimate of drug-likeness (QED) is 0.545. The van der Waals surface area contributed by atoms with Gasteiger partial charge in [-0.15, -0.1) is 11.6 Å². The molecule has 3 aromatic rings. The topological polar surface area (TPSA) is 17.8 Å². The Balaban J connectivity index is 2.24. The van der Waals surface area contributed by atoms with E-state index in [-0.39, 0.29) is 11.4 Å². The summed E-state index contributed by atoms with van der Waals surface area (Å²) in [6.07, 6.45) is 0. The van der Waals surface area contributed by atoms with Gasteiger partial charge in [0, 0.05) is 4.47 Å². The van der Waals surface area contributed by atoms with Crippen LogP contribution in [0.25, 0.3) is 11.0 Å². The van der Waals surface area contributed by atoms with E-state index >= 15 is 0 Å². The van der Waals surface area contributed by atoms with E-state index in [1.54, 1.807) is 0 Å². The molecule has 3 rings (SSSR count). The lowest BCUT2D eigenvalue weighted by Crippen LogP contribution is -2.11. The maximum Gasteiger partial charge on any atom is 0.128 e. The molecule has 21 heavy (non-hydrogen) atoms. The van der Waals surface area contributed by atoms with E-state index in [9.17, 15) is 0 Å². The predicted octanol–water partition coefficient (Wildman–Crippen LogP) is 5.71. The van der Waals surface area contributed by atoms with Crippen LogP contribution < -0.4 is 0 Å². The van der Waals surface area contributed by atoms with Crippen LogP contribution in [0.5, 0.6) is 0 Å². The monoisotopic (exact) mass is 362 g/mol. The van der Waals surface area contributed by atoms with E-state index in [0.717, 1.165) is 21.3 Å². The summed E-state index contributed by atoms with van der Waals surface area (Å²) in [7, 11) is 0. The Kier molecular flexibility index (Phi) is 4.05. The molecule has 0 spiro atoms. The maximum absolute atomic E-state index is 6.36. The molecule has 0 saturated carbocycles. The second-order valence-electron chi connectivity index (χ2n) is 5.18. The van der Waals surface area contributed by atoms with Gasteiger partial charge < -0.3 is 4.57 Å². The summed E-state index contributed by atoms with van der Waals surface area (Å²) in [6, 6.07) is 16.7. The summed E-state index contributed by atoms with van der Waals surface area (Å²) < 4.78 is 3.28. The molecule has 0 aliphatic carbocycles. The van der Waals surface area contributed by atoms with Crippen LogP contribution in [0.1, 0.15) is 36.7 Å². The smallest absolute Gasteiger partial charge is 0.128 e. The number of hydrogen-bond donors (Lipinski definition) is 0. The van der Waals surface area contributed by atoms with Crippen LogP contribution in [0, 0.1) is 0 Å². The zero-order chi connectivity index (χ0) is 15.0. The second kappa shape index (κ2) is 5.82. The fourth-order valence-corrected chi connectivity index (χ4v) is 3.16. The predicted molar refractivity (Wildman–Crippen MR) is 92.0 cm³/mol. The first-order valence-corrected chi connectivity index (χ1v) is 8.17. The molecule has 0 aliphatic rings. The minimum absolute atomic E-state index is 0.137. The highest BCUT2D eigenvalue weighted by atomic mass is 79.9. The first-order valence-electron chi connectivity index (χ1n) is 6.94. The third-order valence-electron chi connectivity index (χ3n) is 3.70. The standard InChI is InChI=1S/C17H16BrClN2/c1-11(19)17-20-15-9-8-14(18)10-16(15)21(17)12(2)13-6-4-3-5-7-13/h3-12H,1-2H3. The Morgan fingerprint density at radius 2 is 1.81 bits per heavy atom. The van der Waals surface area contributed by atoms with Gasteiger partial charge in [-0.3, -0.25) is 0 Å². The Labute approximate surface area is 137 Å². The average molecular weight is 364 g/mol. The molecular formula is C17H16BrClN2. The fraction of sp³-hybridized carbons (Fsp3) is 0.235. The summed E-state index contributed by atoms with van der Waals surface area (Å²) in [4.78, 5) is 4.71. The SMILES string of the molecule is CC(Cl)c1nc2ccc(Br)cc2n1C(C)c1ccccc1. The van der Waals surface area contributed by atoms with Crippen molar-refractivity contribution in [3.63, 3.8) is 0 Å². The van der Waals surface area contributed by atoms with Gasteiger partial charge in [-0.1, -0.05) is 46.3 Å². The van der Waals surface area contributed by atoms with E-state index in [0.29, 0.717) is 0 Å². The molecule has 2 atom stereocenters. The van der Waals surface area contributed by atoms with Gasteiger partial charge in [-0.05, 0) is 37.6 Å². The zero-order valence-corrected chi connectivity index (χ0v) is 14.3. The Morgan fingerprint density at radius 3 is 2.48 bits per heavy atom. The van der Waals surface area contributed by atoms with Crippen molar-refractivity contribution in [1.82, 2.24) is 9.55 Å². The number of aromatic nitrogens is 2. The zero-order valence-electron chi connectivity index (χ0n) is 11.9. The molecule has 2 aromatic carbocycles. The van der Waals surface area contributed by atoms with Gasteiger partial charge in [0.25, 0.3) is 0 Å². The fourth-order valence-electron chi connectivity index (χ4n) is 2.65. The summed E-state index contributed by atoms with van der Waals surface area (Å²) in [6.45, 7) is 4.14. The molecule has 0 N–H and O–H groups in total. The third-order valence-corrected chi connectivity index (χ3v) is 4.39. The summed E-state index contributed by atoms with van der Waals surface area (Å²) in [5.74, 6) is 0.904. The number of hydrogen-bond acceptors (Lipinski definition) is 1. The van der Waals surface area contributed by atoms with Crippen LogP contribution in [-0.4, -0.2) is 9.55 Å². The lowest BCUT2D eigenvalue weighted by atomic mass is 10.1. The molecule has 1 aromatic heterocycles. The molecule has 0 radical (unpaired) electrons. The first-order chi connectivity index (χ1) is 10.1. The van der Waals surface area contributed by atoms with Crippen molar-refractivity contribution in [1.29, 1.82) is 0 Å². The number of rotatable bonds is 3. The normalized spacial score (nSPS) is 14.3. The van der Waals surface area contributed by atoms with E-state index in [2.05, 4.69) is 57.8 Å². The van der Waals surface area contributed by atoms with Crippen LogP contribution in [0.4, 0.5) is 0 Å². The van der Waals surface area contributed by atoms with Crippen molar-refractivity contribution in [3.05, 3.63) is 64.4 Å². The van der Waals surface area contributed by atoms with E-state index in [1.165, 1.54) is 5.56 Å². The second-order valence-corrected chi connectivity index (χ2v) is 6.75. The van der Waals surface area contributed by atoms with Crippen molar-refractivity contribution in [2.75, 3.05) is 0 Å². The minimum Gasteiger partial charge on any atom is -0.319 e. The van der Waals surface area contributed by atoms with Crippen LogP contribution >= 0.6 is 27.5 Å². The number of fused-ring (bicyclic) bond motifs is 1. The summed E-state index contributed by atoms with van der Waals surface area (Å²) in [5.41, 5.74) is 3.32. The van der Waals surface area contributed by atoms with Crippen LogP contribution in [0.2, 0.25) is 0 Å². The Bertz CT molecular complexity index is 765. The molecular weight excluding hydrogens is 348 g/mol. The van der Waals surface area contributed by atoms with E-state index < -0.39 is 0 Å². The molecule has 4 heteroatoms. The van der Waals surface area contributed by atoms with Gasteiger partial charge in [0.1, 0.15) is 5.82 Å². The van der Waals surface area contributed by atoms with Crippen molar-refractivity contribution < 1.29 is 0 Å².